The number of benzene rings is 2. The summed E-state index contributed by atoms with van der Waals surface area (Å²) >= 11 is 0. The molecule has 0 spiro atoms. The lowest BCUT2D eigenvalue weighted by Crippen LogP contribution is -2.16. The molecule has 0 atom stereocenters. The van der Waals surface area contributed by atoms with E-state index in [0.29, 0.717) is 11.3 Å². The molecule has 3 N–H and O–H groups in total. The fraction of sp³-hybridized carbons (Fsp3) is 0.0476. The second-order valence-electron chi connectivity index (χ2n) is 5.95. The zero-order chi connectivity index (χ0) is 21.0. The number of hydrogen-bond acceptors (Lipinski definition) is 6. The number of ether oxygens (including phenoxy) is 1. The number of nitriles is 3. The molecule has 3 aromatic rings. The van der Waals surface area contributed by atoms with Crippen LogP contribution in [0.15, 0.2) is 47.3 Å². The van der Waals surface area contributed by atoms with Crippen molar-refractivity contribution >= 4 is 5.82 Å². The maximum Gasteiger partial charge on any atom is 0.268 e. The van der Waals surface area contributed by atoms with Crippen LogP contribution in [0.3, 0.4) is 0 Å². The van der Waals surface area contributed by atoms with Gasteiger partial charge in [0.25, 0.3) is 5.56 Å². The van der Waals surface area contributed by atoms with Gasteiger partial charge in [-0.3, -0.25) is 4.79 Å². The standard InChI is InChI=1S/C21H12FN5O2/c22-18-6-12(8-23)4-5-14(18)11-29-15-3-1-2-13(7-15)19-16(9-24)20(26)27-21(28)17(19)10-25/h1-7H,11H2,(H3,26,27,28). The van der Waals surface area contributed by atoms with Crippen LogP contribution < -0.4 is 16.0 Å². The second kappa shape index (κ2) is 7.96. The van der Waals surface area contributed by atoms with Crippen molar-refractivity contribution < 1.29 is 9.13 Å². The molecule has 0 radical (unpaired) electrons. The Bertz CT molecular complexity index is 1290. The number of nitrogens with zero attached hydrogens (tertiary/aromatic N) is 3. The van der Waals surface area contributed by atoms with E-state index in [-0.39, 0.29) is 40.2 Å². The number of nitrogens with one attached hydrogen (secondary N) is 1. The van der Waals surface area contributed by atoms with Crippen molar-refractivity contribution in [2.75, 3.05) is 5.73 Å². The van der Waals surface area contributed by atoms with Gasteiger partial charge in [-0.1, -0.05) is 18.2 Å². The molecule has 0 unspecified atom stereocenters. The summed E-state index contributed by atoms with van der Waals surface area (Å²) < 4.78 is 19.6. The SMILES string of the molecule is N#Cc1ccc(COc2cccc(-c3c(C#N)c(N)[nH]c(=O)c3C#N)c2)c(F)c1. The molecule has 29 heavy (non-hydrogen) atoms. The summed E-state index contributed by atoms with van der Waals surface area (Å²) in [6.07, 6.45) is 0. The molecule has 0 aliphatic heterocycles. The van der Waals surface area contributed by atoms with Gasteiger partial charge < -0.3 is 15.5 Å². The van der Waals surface area contributed by atoms with Gasteiger partial charge in [-0.15, -0.1) is 0 Å². The fourth-order valence-electron chi connectivity index (χ4n) is 2.77. The molecule has 2 aromatic carbocycles. The molecule has 0 amide bonds. The minimum absolute atomic E-state index is 0.0311. The third kappa shape index (κ3) is 3.75. The number of hydrogen-bond donors (Lipinski definition) is 2. The quantitative estimate of drug-likeness (QED) is 0.708. The maximum absolute atomic E-state index is 14.0. The molecular weight excluding hydrogens is 373 g/mol. The average molecular weight is 385 g/mol. The predicted octanol–water partition coefficient (Wildman–Crippen LogP) is 2.96. The normalized spacial score (nSPS) is 9.86. The van der Waals surface area contributed by atoms with Crippen molar-refractivity contribution in [3.8, 4) is 35.1 Å². The van der Waals surface area contributed by atoms with Crippen LogP contribution in [0.2, 0.25) is 0 Å². The lowest BCUT2D eigenvalue weighted by molar-refractivity contribution is 0.300. The molecule has 0 fully saturated rings. The van der Waals surface area contributed by atoms with Crippen molar-refractivity contribution in [3.63, 3.8) is 0 Å². The summed E-state index contributed by atoms with van der Waals surface area (Å²) in [6, 6.07) is 15.9. The van der Waals surface area contributed by atoms with E-state index in [4.69, 9.17) is 15.7 Å². The van der Waals surface area contributed by atoms with Crippen molar-refractivity contribution in [3.05, 3.63) is 80.9 Å². The summed E-state index contributed by atoms with van der Waals surface area (Å²) in [5, 5.41) is 27.6. The molecule has 7 nitrogen and oxygen atoms in total. The highest BCUT2D eigenvalue weighted by molar-refractivity contribution is 5.80. The molecule has 140 valence electrons. The lowest BCUT2D eigenvalue weighted by Gasteiger charge is -2.11. The highest BCUT2D eigenvalue weighted by atomic mass is 19.1. The number of aromatic amines is 1. The number of rotatable bonds is 4. The van der Waals surface area contributed by atoms with E-state index in [1.807, 2.05) is 12.1 Å². The van der Waals surface area contributed by atoms with Gasteiger partial charge in [0.1, 0.15) is 47.3 Å². The summed E-state index contributed by atoms with van der Waals surface area (Å²) in [5.74, 6) is -0.378. The van der Waals surface area contributed by atoms with Gasteiger partial charge in [-0.2, -0.15) is 15.8 Å². The minimum atomic E-state index is -0.704. The van der Waals surface area contributed by atoms with Crippen LogP contribution in [0.1, 0.15) is 22.3 Å². The summed E-state index contributed by atoms with van der Waals surface area (Å²) in [6.45, 7) is -0.102. The molecule has 3 rings (SSSR count). The number of aromatic nitrogens is 1. The number of pyridine rings is 1. The second-order valence-corrected chi connectivity index (χ2v) is 5.95. The first-order valence-electron chi connectivity index (χ1n) is 8.26. The topological polar surface area (TPSA) is 139 Å². The third-order valence-electron chi connectivity index (χ3n) is 4.17. The maximum atomic E-state index is 14.0. The van der Waals surface area contributed by atoms with Crippen molar-refractivity contribution in [2.45, 2.75) is 6.61 Å². The molecule has 0 aliphatic carbocycles. The molecule has 0 bridgehead atoms. The van der Waals surface area contributed by atoms with Gasteiger partial charge in [-0.25, -0.2) is 4.39 Å². The first-order valence-corrected chi connectivity index (χ1v) is 8.26. The van der Waals surface area contributed by atoms with E-state index in [9.17, 15) is 19.7 Å². The van der Waals surface area contributed by atoms with Gasteiger partial charge in [0, 0.05) is 11.1 Å². The van der Waals surface area contributed by atoms with Crippen LogP contribution in [0.5, 0.6) is 5.75 Å². The third-order valence-corrected chi connectivity index (χ3v) is 4.17. The zero-order valence-electron chi connectivity index (χ0n) is 14.9. The van der Waals surface area contributed by atoms with Crippen molar-refractivity contribution in [1.29, 1.82) is 15.8 Å². The molecule has 0 aliphatic rings. The number of nitrogen functional groups attached to an aromatic ring is 1. The minimum Gasteiger partial charge on any atom is -0.489 e. The van der Waals surface area contributed by atoms with Crippen molar-refractivity contribution in [1.82, 2.24) is 4.98 Å². The van der Waals surface area contributed by atoms with Crippen LogP contribution in [-0.2, 0) is 6.61 Å². The average Bonchev–Trinajstić information content (AvgIpc) is 2.72. The molecule has 0 saturated heterocycles. The number of halogens is 1. The van der Waals surface area contributed by atoms with Gasteiger partial charge in [0.15, 0.2) is 0 Å². The first-order chi connectivity index (χ1) is 14.0. The Morgan fingerprint density at radius 1 is 1.03 bits per heavy atom. The van der Waals surface area contributed by atoms with Crippen molar-refractivity contribution in [2.24, 2.45) is 0 Å². The summed E-state index contributed by atoms with van der Waals surface area (Å²) in [7, 11) is 0. The molecular formula is C21H12FN5O2. The summed E-state index contributed by atoms with van der Waals surface area (Å²) in [4.78, 5) is 14.3. The van der Waals surface area contributed by atoms with Crippen LogP contribution in [0, 0.1) is 39.8 Å². The Hall–Kier alpha value is -4.61. The van der Waals surface area contributed by atoms with E-state index in [2.05, 4.69) is 4.98 Å². The van der Waals surface area contributed by atoms with Crippen LogP contribution in [0.25, 0.3) is 11.1 Å². The van der Waals surface area contributed by atoms with Gasteiger partial charge in [0.2, 0.25) is 0 Å². The Morgan fingerprint density at radius 2 is 1.79 bits per heavy atom. The molecule has 0 saturated carbocycles. The van der Waals surface area contributed by atoms with Crippen LogP contribution in [0.4, 0.5) is 10.2 Å². The van der Waals surface area contributed by atoms with E-state index >= 15 is 0 Å². The van der Waals surface area contributed by atoms with Gasteiger partial charge in [-0.05, 0) is 29.8 Å². The molecule has 1 aromatic heterocycles. The molecule has 1 heterocycles. The van der Waals surface area contributed by atoms with Crippen LogP contribution in [-0.4, -0.2) is 4.98 Å². The van der Waals surface area contributed by atoms with Gasteiger partial charge in [0.05, 0.1) is 11.6 Å². The fourth-order valence-corrected chi connectivity index (χ4v) is 2.77. The largest absolute Gasteiger partial charge is 0.489 e. The molecule has 8 heteroatoms. The first kappa shape index (κ1) is 19.2. The zero-order valence-corrected chi connectivity index (χ0v) is 14.9. The Balaban J connectivity index is 1.98. The smallest absolute Gasteiger partial charge is 0.268 e. The van der Waals surface area contributed by atoms with E-state index in [0.717, 1.165) is 6.07 Å². The predicted molar refractivity (Wildman–Crippen MR) is 102 cm³/mol. The number of nitrogens with two attached hydrogens (primary N) is 1. The van der Waals surface area contributed by atoms with Gasteiger partial charge >= 0.3 is 0 Å². The van der Waals surface area contributed by atoms with E-state index in [1.54, 1.807) is 24.3 Å². The number of H-pyrrole nitrogens is 1. The highest BCUT2D eigenvalue weighted by Crippen LogP contribution is 2.30. The van der Waals surface area contributed by atoms with E-state index in [1.165, 1.54) is 18.2 Å². The Kier molecular flexibility index (Phi) is 5.26. The number of anilines is 1. The van der Waals surface area contributed by atoms with Crippen LogP contribution >= 0.6 is 0 Å². The highest BCUT2D eigenvalue weighted by Gasteiger charge is 2.18. The lowest BCUT2D eigenvalue weighted by atomic mass is 9.96. The Labute approximate surface area is 164 Å². The summed E-state index contributed by atoms with van der Waals surface area (Å²) in [5.41, 5.74) is 5.69. The Morgan fingerprint density at radius 3 is 2.45 bits per heavy atom. The van der Waals surface area contributed by atoms with E-state index < -0.39 is 11.4 Å². The monoisotopic (exact) mass is 385 g/mol.